The number of carbonyl (C=O) groups excluding carboxylic acids is 1. The average molecular weight is 301 g/mol. The van der Waals surface area contributed by atoms with E-state index in [1.54, 1.807) is 0 Å². The molecule has 1 N–H and O–H groups in total. The Balaban J connectivity index is 4.04. The predicted octanol–water partition coefficient (Wildman–Crippen LogP) is 3.54. The minimum absolute atomic E-state index is 0.153. The minimum atomic E-state index is -0.595. The molecule has 0 saturated heterocycles. The summed E-state index contributed by atoms with van der Waals surface area (Å²) in [5.74, 6) is 0.534. The van der Waals surface area contributed by atoms with E-state index in [0.29, 0.717) is 12.5 Å². The topological polar surface area (TPSA) is 47.6 Å². The number of esters is 1. The second-order valence-electron chi connectivity index (χ2n) is 6.60. The molecular formula is C17H35NO3. The Labute approximate surface area is 131 Å². The van der Waals surface area contributed by atoms with Gasteiger partial charge in [-0.25, -0.2) is 0 Å². The Morgan fingerprint density at radius 3 is 2.33 bits per heavy atom. The Morgan fingerprint density at radius 1 is 1.14 bits per heavy atom. The summed E-state index contributed by atoms with van der Waals surface area (Å²) in [6, 6.07) is 0.252. The van der Waals surface area contributed by atoms with Crippen molar-refractivity contribution in [2.75, 3.05) is 19.8 Å². The van der Waals surface area contributed by atoms with Gasteiger partial charge in [-0.15, -0.1) is 0 Å². The molecule has 1 atom stereocenters. The van der Waals surface area contributed by atoms with Crippen molar-refractivity contribution in [3.05, 3.63) is 0 Å². The number of rotatable bonds is 12. The molecule has 0 aliphatic heterocycles. The first-order valence-corrected chi connectivity index (χ1v) is 8.34. The van der Waals surface area contributed by atoms with Gasteiger partial charge in [-0.1, -0.05) is 13.8 Å². The molecule has 0 rings (SSSR count). The number of ether oxygens (including phenoxy) is 2. The van der Waals surface area contributed by atoms with E-state index >= 15 is 0 Å². The van der Waals surface area contributed by atoms with Gasteiger partial charge < -0.3 is 9.47 Å². The van der Waals surface area contributed by atoms with Crippen molar-refractivity contribution < 1.29 is 14.3 Å². The number of nitrogens with one attached hydrogen (secondary N) is 1. The summed E-state index contributed by atoms with van der Waals surface area (Å²) in [7, 11) is 0. The van der Waals surface area contributed by atoms with Crippen LogP contribution < -0.4 is 5.32 Å². The maximum atomic E-state index is 12.1. The van der Waals surface area contributed by atoms with Gasteiger partial charge in [0.2, 0.25) is 0 Å². The van der Waals surface area contributed by atoms with Crippen LogP contribution in [0, 0.1) is 5.92 Å². The first-order chi connectivity index (χ1) is 9.81. The van der Waals surface area contributed by atoms with Crippen molar-refractivity contribution in [2.45, 2.75) is 78.8 Å². The molecule has 0 spiro atoms. The molecule has 0 aromatic rings. The normalized spacial score (nSPS) is 14.5. The zero-order valence-electron chi connectivity index (χ0n) is 14.8. The lowest BCUT2D eigenvalue weighted by Gasteiger charge is -2.30. The summed E-state index contributed by atoms with van der Waals surface area (Å²) in [6.45, 7) is 14.3. The molecule has 0 aromatic heterocycles. The number of carbonyl (C=O) groups is 1. The van der Waals surface area contributed by atoms with E-state index in [9.17, 15) is 4.79 Å². The number of unbranched alkanes of at least 4 members (excludes halogenated alkanes) is 1. The average Bonchev–Trinajstić information content (AvgIpc) is 2.36. The van der Waals surface area contributed by atoms with E-state index < -0.39 is 5.54 Å². The maximum Gasteiger partial charge on any atom is 0.326 e. The number of hydrogen-bond acceptors (Lipinski definition) is 4. The van der Waals surface area contributed by atoms with Gasteiger partial charge in [0.1, 0.15) is 5.54 Å². The lowest BCUT2D eigenvalue weighted by molar-refractivity contribution is -0.151. The summed E-state index contributed by atoms with van der Waals surface area (Å²) in [4.78, 5) is 12.1. The van der Waals surface area contributed by atoms with Crippen LogP contribution in [0.3, 0.4) is 0 Å². The van der Waals surface area contributed by atoms with Crippen LogP contribution in [0.15, 0.2) is 0 Å². The summed E-state index contributed by atoms with van der Waals surface area (Å²) in [5.41, 5.74) is -0.595. The van der Waals surface area contributed by atoms with Crippen molar-refractivity contribution in [1.29, 1.82) is 0 Å². The lowest BCUT2D eigenvalue weighted by Crippen LogP contribution is -2.53. The second kappa shape index (κ2) is 11.0. The van der Waals surface area contributed by atoms with E-state index in [0.717, 1.165) is 38.9 Å². The molecule has 0 aliphatic carbocycles. The van der Waals surface area contributed by atoms with E-state index in [2.05, 4.69) is 19.2 Å². The van der Waals surface area contributed by atoms with Crippen molar-refractivity contribution >= 4 is 5.97 Å². The van der Waals surface area contributed by atoms with E-state index in [4.69, 9.17) is 9.47 Å². The van der Waals surface area contributed by atoms with Crippen LogP contribution in [-0.4, -0.2) is 37.4 Å². The van der Waals surface area contributed by atoms with E-state index in [-0.39, 0.29) is 12.0 Å². The molecule has 4 nitrogen and oxygen atoms in total. The predicted molar refractivity (Wildman–Crippen MR) is 87.4 cm³/mol. The SMILES string of the molecule is CCOC(=O)C(C)(CCCCOCCC(C)C)NC(C)C. The minimum Gasteiger partial charge on any atom is -0.465 e. The first kappa shape index (κ1) is 20.4. The van der Waals surface area contributed by atoms with Crippen LogP contribution in [0.1, 0.15) is 67.2 Å². The smallest absolute Gasteiger partial charge is 0.326 e. The van der Waals surface area contributed by atoms with Crippen LogP contribution in [0.2, 0.25) is 0 Å². The highest BCUT2D eigenvalue weighted by atomic mass is 16.5. The van der Waals surface area contributed by atoms with Gasteiger partial charge >= 0.3 is 5.97 Å². The first-order valence-electron chi connectivity index (χ1n) is 8.34. The summed E-state index contributed by atoms with van der Waals surface area (Å²) < 4.78 is 10.8. The van der Waals surface area contributed by atoms with E-state index in [1.165, 1.54) is 0 Å². The third-order valence-corrected chi connectivity index (χ3v) is 3.39. The second-order valence-corrected chi connectivity index (χ2v) is 6.60. The highest BCUT2D eigenvalue weighted by Gasteiger charge is 2.34. The third-order valence-electron chi connectivity index (χ3n) is 3.39. The zero-order chi connectivity index (χ0) is 16.3. The van der Waals surface area contributed by atoms with Crippen LogP contribution in [0.5, 0.6) is 0 Å². The zero-order valence-corrected chi connectivity index (χ0v) is 14.8. The molecule has 0 amide bonds. The molecule has 0 bridgehead atoms. The molecule has 4 heteroatoms. The molecule has 126 valence electrons. The Hall–Kier alpha value is -0.610. The third kappa shape index (κ3) is 9.86. The molecule has 1 unspecified atom stereocenters. The quantitative estimate of drug-likeness (QED) is 0.442. The molecule has 0 radical (unpaired) electrons. The van der Waals surface area contributed by atoms with Crippen LogP contribution in [0.25, 0.3) is 0 Å². The van der Waals surface area contributed by atoms with Crippen molar-refractivity contribution in [2.24, 2.45) is 5.92 Å². The Bertz CT molecular complexity index is 279. The fourth-order valence-electron chi connectivity index (χ4n) is 2.26. The molecule has 0 heterocycles. The van der Waals surface area contributed by atoms with Crippen LogP contribution in [0.4, 0.5) is 0 Å². The fourth-order valence-corrected chi connectivity index (χ4v) is 2.26. The van der Waals surface area contributed by atoms with Gasteiger partial charge in [0.25, 0.3) is 0 Å². The van der Waals surface area contributed by atoms with Gasteiger partial charge in [-0.05, 0) is 59.3 Å². The number of hydrogen-bond donors (Lipinski definition) is 1. The standard InChI is InChI=1S/C17H35NO3/c1-7-21-16(19)17(6,18-15(4)5)11-8-9-12-20-13-10-14(2)3/h14-15,18H,7-13H2,1-6H3. The molecular weight excluding hydrogens is 266 g/mol. The van der Waals surface area contributed by atoms with Gasteiger partial charge in [0.15, 0.2) is 0 Å². The van der Waals surface area contributed by atoms with Crippen molar-refractivity contribution in [3.63, 3.8) is 0 Å². The molecule has 0 aromatic carbocycles. The summed E-state index contributed by atoms with van der Waals surface area (Å²) >= 11 is 0. The molecule has 0 fully saturated rings. The van der Waals surface area contributed by atoms with Gasteiger partial charge in [-0.3, -0.25) is 10.1 Å². The molecule has 21 heavy (non-hydrogen) atoms. The molecule has 0 saturated carbocycles. The largest absolute Gasteiger partial charge is 0.465 e. The summed E-state index contributed by atoms with van der Waals surface area (Å²) in [5, 5.41) is 3.34. The van der Waals surface area contributed by atoms with Crippen molar-refractivity contribution in [1.82, 2.24) is 5.32 Å². The van der Waals surface area contributed by atoms with Gasteiger partial charge in [0, 0.05) is 19.3 Å². The Kier molecular flexibility index (Phi) is 10.7. The van der Waals surface area contributed by atoms with Crippen molar-refractivity contribution in [3.8, 4) is 0 Å². The lowest BCUT2D eigenvalue weighted by atomic mass is 9.94. The van der Waals surface area contributed by atoms with Gasteiger partial charge in [0.05, 0.1) is 6.61 Å². The molecule has 0 aliphatic rings. The highest BCUT2D eigenvalue weighted by Crippen LogP contribution is 2.17. The Morgan fingerprint density at radius 2 is 1.81 bits per heavy atom. The summed E-state index contributed by atoms with van der Waals surface area (Å²) in [6.07, 6.45) is 3.82. The highest BCUT2D eigenvalue weighted by molar-refractivity contribution is 5.80. The maximum absolute atomic E-state index is 12.1. The fraction of sp³-hybridized carbons (Fsp3) is 0.941. The van der Waals surface area contributed by atoms with Crippen LogP contribution >= 0.6 is 0 Å². The van der Waals surface area contributed by atoms with Crippen LogP contribution in [-0.2, 0) is 14.3 Å². The van der Waals surface area contributed by atoms with Gasteiger partial charge in [-0.2, -0.15) is 0 Å². The van der Waals surface area contributed by atoms with E-state index in [1.807, 2.05) is 27.7 Å². The monoisotopic (exact) mass is 301 g/mol.